The highest BCUT2D eigenvalue weighted by Crippen LogP contribution is 2.12. The monoisotopic (exact) mass is 625 g/mol. The Hall–Kier alpha value is -4.41. The SMILES string of the molecule is CC(C)[C@H](NC(=O)OC(C)(C)C)C(=O)N[C@H](C(=O)N[C@@H](CCC(=O)OCc1ccccc1)C(=O)OCc1ccccc1)C(C)C. The summed E-state index contributed by atoms with van der Waals surface area (Å²) in [6.45, 7) is 12.1. The Labute approximate surface area is 265 Å². The first-order valence-electron chi connectivity index (χ1n) is 15.2. The maximum atomic E-state index is 13.5. The van der Waals surface area contributed by atoms with Gasteiger partial charge in [-0.2, -0.15) is 0 Å². The van der Waals surface area contributed by atoms with Gasteiger partial charge in [0.2, 0.25) is 11.8 Å². The fourth-order valence-electron chi connectivity index (χ4n) is 4.16. The van der Waals surface area contributed by atoms with E-state index < -0.39 is 53.6 Å². The molecule has 11 heteroatoms. The predicted molar refractivity (Wildman–Crippen MR) is 168 cm³/mol. The quantitative estimate of drug-likeness (QED) is 0.194. The van der Waals surface area contributed by atoms with E-state index in [0.717, 1.165) is 11.1 Å². The molecule has 246 valence electrons. The van der Waals surface area contributed by atoms with Crippen LogP contribution in [-0.2, 0) is 46.6 Å². The number of ether oxygens (including phenoxy) is 3. The highest BCUT2D eigenvalue weighted by molar-refractivity contribution is 5.93. The van der Waals surface area contributed by atoms with E-state index in [1.54, 1.807) is 60.6 Å². The van der Waals surface area contributed by atoms with Crippen molar-refractivity contribution in [2.24, 2.45) is 11.8 Å². The molecule has 0 saturated heterocycles. The second-order valence-corrected chi connectivity index (χ2v) is 12.4. The molecule has 2 aromatic rings. The molecule has 0 bridgehead atoms. The minimum Gasteiger partial charge on any atom is -0.461 e. The van der Waals surface area contributed by atoms with Crippen LogP contribution in [0.2, 0.25) is 0 Å². The normalized spacial score (nSPS) is 13.3. The van der Waals surface area contributed by atoms with Crippen LogP contribution in [0.25, 0.3) is 0 Å². The van der Waals surface area contributed by atoms with Crippen molar-refractivity contribution < 1.29 is 38.2 Å². The minimum absolute atomic E-state index is 0.0265. The Bertz CT molecular complexity index is 1260. The van der Waals surface area contributed by atoms with Crippen molar-refractivity contribution in [3.05, 3.63) is 71.8 Å². The van der Waals surface area contributed by atoms with Crippen LogP contribution in [0.5, 0.6) is 0 Å². The van der Waals surface area contributed by atoms with Crippen molar-refractivity contribution in [3.8, 4) is 0 Å². The summed E-state index contributed by atoms with van der Waals surface area (Å²) in [5.41, 5.74) is 0.803. The molecule has 2 rings (SSSR count). The summed E-state index contributed by atoms with van der Waals surface area (Å²) in [4.78, 5) is 64.8. The fraction of sp³-hybridized carbons (Fsp3) is 0.500. The Balaban J connectivity index is 2.13. The number of nitrogens with one attached hydrogen (secondary N) is 3. The van der Waals surface area contributed by atoms with Crippen molar-refractivity contribution in [2.45, 2.75) is 98.2 Å². The van der Waals surface area contributed by atoms with Crippen molar-refractivity contribution in [2.75, 3.05) is 0 Å². The van der Waals surface area contributed by atoms with Crippen LogP contribution in [0, 0.1) is 11.8 Å². The molecule has 0 aliphatic heterocycles. The molecular weight excluding hydrogens is 578 g/mol. The number of alkyl carbamates (subject to hydrolysis) is 1. The lowest BCUT2D eigenvalue weighted by Crippen LogP contribution is -2.58. The van der Waals surface area contributed by atoms with Crippen molar-refractivity contribution in [3.63, 3.8) is 0 Å². The lowest BCUT2D eigenvalue weighted by molar-refractivity contribution is -0.151. The largest absolute Gasteiger partial charge is 0.461 e. The summed E-state index contributed by atoms with van der Waals surface area (Å²) in [7, 11) is 0. The Morgan fingerprint density at radius 2 is 1.13 bits per heavy atom. The standard InChI is InChI=1S/C34H47N3O8/c1-22(2)28(36-31(40)29(23(3)4)37-33(42)45-34(5,6)7)30(39)35-26(32(41)44-21-25-16-12-9-13-17-25)18-19-27(38)43-20-24-14-10-8-11-15-24/h8-17,22-23,26,28-29H,18-21H2,1-7H3,(H,35,39)(H,36,40)(H,37,42)/t26-,28-,29-/m0/s1. The van der Waals surface area contributed by atoms with Gasteiger partial charge in [0.25, 0.3) is 0 Å². The molecule has 45 heavy (non-hydrogen) atoms. The van der Waals surface area contributed by atoms with Crippen LogP contribution in [0.15, 0.2) is 60.7 Å². The van der Waals surface area contributed by atoms with Gasteiger partial charge in [-0.25, -0.2) is 9.59 Å². The molecule has 3 N–H and O–H groups in total. The molecule has 3 atom stereocenters. The van der Waals surface area contributed by atoms with Gasteiger partial charge >= 0.3 is 18.0 Å². The van der Waals surface area contributed by atoms with Crippen molar-refractivity contribution >= 4 is 29.8 Å². The first-order valence-corrected chi connectivity index (χ1v) is 15.2. The van der Waals surface area contributed by atoms with Gasteiger partial charge in [-0.05, 0) is 50.2 Å². The third kappa shape index (κ3) is 13.8. The molecule has 0 aromatic heterocycles. The highest BCUT2D eigenvalue weighted by Gasteiger charge is 2.34. The zero-order valence-electron chi connectivity index (χ0n) is 27.3. The number of benzene rings is 2. The number of hydrogen-bond acceptors (Lipinski definition) is 8. The number of rotatable bonds is 15. The second-order valence-electron chi connectivity index (χ2n) is 12.4. The molecule has 0 radical (unpaired) electrons. The number of amides is 3. The molecule has 2 aromatic carbocycles. The van der Waals surface area contributed by atoms with E-state index in [1.807, 2.05) is 48.5 Å². The molecule has 0 spiro atoms. The van der Waals surface area contributed by atoms with Gasteiger partial charge in [0.05, 0.1) is 0 Å². The van der Waals surface area contributed by atoms with E-state index >= 15 is 0 Å². The highest BCUT2D eigenvalue weighted by atomic mass is 16.6. The summed E-state index contributed by atoms with van der Waals surface area (Å²) < 4.78 is 16.1. The Morgan fingerprint density at radius 1 is 0.667 bits per heavy atom. The predicted octanol–water partition coefficient (Wildman–Crippen LogP) is 4.43. The molecule has 11 nitrogen and oxygen atoms in total. The molecule has 0 fully saturated rings. The number of esters is 2. The minimum atomic E-state index is -1.19. The summed E-state index contributed by atoms with van der Waals surface area (Å²) in [6.07, 6.45) is -1.01. The van der Waals surface area contributed by atoms with Crippen molar-refractivity contribution in [1.29, 1.82) is 0 Å². The molecular formula is C34H47N3O8. The molecule has 3 amide bonds. The second kappa shape index (κ2) is 17.8. The van der Waals surface area contributed by atoms with Gasteiger partial charge in [-0.3, -0.25) is 14.4 Å². The summed E-state index contributed by atoms with van der Waals surface area (Å²) in [5.74, 6) is -3.22. The number of carbonyl (C=O) groups excluding carboxylic acids is 5. The first-order chi connectivity index (χ1) is 21.2. The van der Waals surface area contributed by atoms with Gasteiger partial charge in [-0.15, -0.1) is 0 Å². The van der Waals surface area contributed by atoms with E-state index in [0.29, 0.717) is 0 Å². The third-order valence-electron chi connectivity index (χ3n) is 6.57. The van der Waals surface area contributed by atoms with Crippen LogP contribution in [0.3, 0.4) is 0 Å². The molecule has 0 unspecified atom stereocenters. The lowest BCUT2D eigenvalue weighted by Gasteiger charge is -2.29. The molecule has 0 aliphatic carbocycles. The third-order valence-corrected chi connectivity index (χ3v) is 6.57. The van der Waals surface area contributed by atoms with Gasteiger partial charge in [0, 0.05) is 6.42 Å². The summed E-state index contributed by atoms with van der Waals surface area (Å²) in [6, 6.07) is 15.0. The van der Waals surface area contributed by atoms with Gasteiger partial charge in [0.15, 0.2) is 0 Å². The van der Waals surface area contributed by atoms with Crippen LogP contribution in [-0.4, -0.2) is 53.6 Å². The first kappa shape index (κ1) is 36.8. The fourth-order valence-corrected chi connectivity index (χ4v) is 4.16. The molecule has 0 heterocycles. The van der Waals surface area contributed by atoms with Gasteiger partial charge < -0.3 is 30.2 Å². The van der Waals surface area contributed by atoms with E-state index in [1.165, 1.54) is 0 Å². The van der Waals surface area contributed by atoms with Gasteiger partial charge in [0.1, 0.15) is 36.9 Å². The van der Waals surface area contributed by atoms with Crippen LogP contribution < -0.4 is 16.0 Å². The topological polar surface area (TPSA) is 149 Å². The maximum absolute atomic E-state index is 13.5. The average Bonchev–Trinajstić information content (AvgIpc) is 2.98. The van der Waals surface area contributed by atoms with Crippen molar-refractivity contribution in [1.82, 2.24) is 16.0 Å². The van der Waals surface area contributed by atoms with Crippen LogP contribution in [0.1, 0.15) is 72.4 Å². The van der Waals surface area contributed by atoms with E-state index in [2.05, 4.69) is 16.0 Å². The zero-order valence-corrected chi connectivity index (χ0v) is 27.3. The zero-order chi connectivity index (χ0) is 33.6. The van der Waals surface area contributed by atoms with Crippen LogP contribution in [0.4, 0.5) is 4.79 Å². The van der Waals surface area contributed by atoms with Gasteiger partial charge in [-0.1, -0.05) is 88.4 Å². The number of carbonyl (C=O) groups is 5. The maximum Gasteiger partial charge on any atom is 0.408 e. The van der Waals surface area contributed by atoms with E-state index in [-0.39, 0.29) is 37.9 Å². The van der Waals surface area contributed by atoms with E-state index in [9.17, 15) is 24.0 Å². The smallest absolute Gasteiger partial charge is 0.408 e. The van der Waals surface area contributed by atoms with Crippen LogP contribution >= 0.6 is 0 Å². The lowest BCUT2D eigenvalue weighted by atomic mass is 9.99. The average molecular weight is 626 g/mol. The molecule has 0 saturated carbocycles. The Kier molecular flexibility index (Phi) is 14.5. The molecule has 0 aliphatic rings. The van der Waals surface area contributed by atoms with E-state index in [4.69, 9.17) is 14.2 Å². The number of hydrogen-bond donors (Lipinski definition) is 3. The Morgan fingerprint density at radius 3 is 1.62 bits per heavy atom. The summed E-state index contributed by atoms with van der Waals surface area (Å²) >= 11 is 0. The summed E-state index contributed by atoms with van der Waals surface area (Å²) in [5, 5.41) is 7.94.